The first kappa shape index (κ1) is 16.1. The van der Waals surface area contributed by atoms with Crippen LogP contribution in [0.3, 0.4) is 0 Å². The number of aryl methyl sites for hydroxylation is 1. The van der Waals surface area contributed by atoms with Gasteiger partial charge in [-0.1, -0.05) is 11.6 Å². The van der Waals surface area contributed by atoms with Crippen molar-refractivity contribution in [3.63, 3.8) is 0 Å². The van der Waals surface area contributed by atoms with Crippen molar-refractivity contribution in [1.82, 2.24) is 24.0 Å². The fourth-order valence-electron chi connectivity index (χ4n) is 3.78. The van der Waals surface area contributed by atoms with Gasteiger partial charge in [0.25, 0.3) is 5.56 Å². The van der Waals surface area contributed by atoms with Gasteiger partial charge in [-0.05, 0) is 19.3 Å². The van der Waals surface area contributed by atoms with Crippen LogP contribution in [0.25, 0.3) is 11.2 Å². The smallest absolute Gasteiger partial charge is 0.332 e. The molecule has 0 saturated carbocycles. The van der Waals surface area contributed by atoms with Crippen LogP contribution in [0, 0.1) is 0 Å². The molecule has 0 unspecified atom stereocenters. The summed E-state index contributed by atoms with van der Waals surface area (Å²) in [6.07, 6.45) is 5.59. The van der Waals surface area contributed by atoms with E-state index in [0.29, 0.717) is 17.7 Å². The summed E-state index contributed by atoms with van der Waals surface area (Å²) < 4.78 is 4.66. The molecule has 1 saturated heterocycles. The van der Waals surface area contributed by atoms with E-state index < -0.39 is 0 Å². The van der Waals surface area contributed by atoms with Crippen LogP contribution in [0.1, 0.15) is 19.3 Å². The molecule has 1 aliphatic heterocycles. The molecule has 0 atom stereocenters. The van der Waals surface area contributed by atoms with Crippen molar-refractivity contribution in [2.45, 2.75) is 25.8 Å². The summed E-state index contributed by atoms with van der Waals surface area (Å²) in [5.41, 5.74) is 1.72. The maximum Gasteiger partial charge on any atom is 0.332 e. The summed E-state index contributed by atoms with van der Waals surface area (Å²) in [6, 6.07) is 0. The second-order valence-corrected chi connectivity index (χ2v) is 6.87. The molecule has 0 spiro atoms. The third-order valence-electron chi connectivity index (χ3n) is 5.22. The summed E-state index contributed by atoms with van der Waals surface area (Å²) in [4.78, 5) is 32.0. The Labute approximate surface area is 145 Å². The Morgan fingerprint density at radius 3 is 2.60 bits per heavy atom. The molecule has 2 aromatic rings. The first-order chi connectivity index (χ1) is 12.1. The Kier molecular flexibility index (Phi) is 3.99. The number of piperazine rings is 1. The summed E-state index contributed by atoms with van der Waals surface area (Å²) in [5.74, 6) is 0.794. The number of hydrogen-bond acceptors (Lipinski definition) is 5. The van der Waals surface area contributed by atoms with E-state index in [1.54, 1.807) is 7.05 Å². The number of hydrogen-bond donors (Lipinski definition) is 1. The monoisotopic (exact) mass is 344 g/mol. The summed E-state index contributed by atoms with van der Waals surface area (Å²) in [7, 11) is 3.21. The van der Waals surface area contributed by atoms with Crippen molar-refractivity contribution in [3.8, 4) is 0 Å². The Balaban J connectivity index is 1.96. The molecular formula is C17H24N6O2. The van der Waals surface area contributed by atoms with Crippen molar-refractivity contribution < 1.29 is 0 Å². The van der Waals surface area contributed by atoms with E-state index in [9.17, 15) is 9.59 Å². The van der Waals surface area contributed by atoms with Gasteiger partial charge in [-0.15, -0.1) is 0 Å². The van der Waals surface area contributed by atoms with Crippen LogP contribution in [0.15, 0.2) is 21.2 Å². The van der Waals surface area contributed by atoms with Gasteiger partial charge < -0.3 is 14.8 Å². The zero-order chi connectivity index (χ0) is 17.6. The molecule has 25 heavy (non-hydrogen) atoms. The van der Waals surface area contributed by atoms with E-state index in [0.717, 1.165) is 45.0 Å². The number of aromatic nitrogens is 4. The Bertz CT molecular complexity index is 958. The van der Waals surface area contributed by atoms with Crippen molar-refractivity contribution in [2.75, 3.05) is 31.1 Å². The molecule has 4 rings (SSSR count). The number of imidazole rings is 1. The molecule has 0 bridgehead atoms. The van der Waals surface area contributed by atoms with Gasteiger partial charge in [0.1, 0.15) is 0 Å². The molecule has 1 N–H and O–H groups in total. The zero-order valence-corrected chi connectivity index (χ0v) is 14.8. The summed E-state index contributed by atoms with van der Waals surface area (Å²) >= 11 is 0. The van der Waals surface area contributed by atoms with Gasteiger partial charge in [0.05, 0.1) is 0 Å². The minimum Gasteiger partial charge on any atom is -0.340 e. The highest BCUT2D eigenvalue weighted by atomic mass is 16.2. The van der Waals surface area contributed by atoms with E-state index in [-0.39, 0.29) is 11.2 Å². The van der Waals surface area contributed by atoms with E-state index in [1.807, 2.05) is 4.57 Å². The van der Waals surface area contributed by atoms with Crippen LogP contribution < -0.4 is 21.5 Å². The lowest BCUT2D eigenvalue weighted by Crippen LogP contribution is -2.44. The number of rotatable bonds is 3. The second kappa shape index (κ2) is 6.18. The number of allylic oxidation sites excluding steroid dienone is 2. The fraction of sp³-hybridized carbons (Fsp3) is 0.588. The number of fused-ring (bicyclic) bond motifs is 1. The van der Waals surface area contributed by atoms with Crippen molar-refractivity contribution in [3.05, 3.63) is 32.5 Å². The molecule has 2 aliphatic rings. The van der Waals surface area contributed by atoms with Crippen molar-refractivity contribution in [2.24, 2.45) is 14.1 Å². The maximum absolute atomic E-state index is 12.8. The highest BCUT2D eigenvalue weighted by molar-refractivity contribution is 5.74. The van der Waals surface area contributed by atoms with E-state index in [4.69, 9.17) is 4.98 Å². The summed E-state index contributed by atoms with van der Waals surface area (Å²) in [6.45, 7) is 4.14. The predicted octanol–water partition coefficient (Wildman–Crippen LogP) is -0.0464. The SMILES string of the molecule is Cn1c(=O)c2c(nc(N3CCNCC3)n2CC2=CCCC2)n(C)c1=O. The molecular weight excluding hydrogens is 320 g/mol. The van der Waals surface area contributed by atoms with E-state index in [2.05, 4.69) is 16.3 Å². The third-order valence-corrected chi connectivity index (χ3v) is 5.22. The molecule has 8 nitrogen and oxygen atoms in total. The lowest BCUT2D eigenvalue weighted by Gasteiger charge is -2.28. The third kappa shape index (κ3) is 2.60. The van der Waals surface area contributed by atoms with Gasteiger partial charge in [0.15, 0.2) is 11.2 Å². The quantitative estimate of drug-likeness (QED) is 0.791. The Hall–Kier alpha value is -2.35. The first-order valence-corrected chi connectivity index (χ1v) is 8.87. The van der Waals surface area contributed by atoms with Gasteiger partial charge in [0, 0.05) is 46.8 Å². The predicted molar refractivity (Wildman–Crippen MR) is 97.2 cm³/mol. The van der Waals surface area contributed by atoms with Crippen molar-refractivity contribution >= 4 is 17.1 Å². The molecule has 134 valence electrons. The number of nitrogens with zero attached hydrogens (tertiary/aromatic N) is 5. The fourth-order valence-corrected chi connectivity index (χ4v) is 3.78. The van der Waals surface area contributed by atoms with Crippen LogP contribution in [-0.4, -0.2) is 44.9 Å². The van der Waals surface area contributed by atoms with Gasteiger partial charge in [0.2, 0.25) is 5.95 Å². The molecule has 2 aromatic heterocycles. The minimum absolute atomic E-state index is 0.273. The van der Waals surface area contributed by atoms with E-state index in [1.165, 1.54) is 28.2 Å². The van der Waals surface area contributed by atoms with Crippen LogP contribution in [0.5, 0.6) is 0 Å². The molecule has 1 aliphatic carbocycles. The van der Waals surface area contributed by atoms with E-state index >= 15 is 0 Å². The Morgan fingerprint density at radius 2 is 1.92 bits per heavy atom. The van der Waals surface area contributed by atoms with Crippen molar-refractivity contribution in [1.29, 1.82) is 0 Å². The maximum atomic E-state index is 12.8. The standard InChI is InChI=1S/C17H24N6O2/c1-20-14-13(15(24)21(2)17(20)25)23(11-12-5-3-4-6-12)16(19-14)22-9-7-18-8-10-22/h5,18H,3-4,6-11H2,1-2H3. The van der Waals surface area contributed by atoms with Gasteiger partial charge in [-0.25, -0.2) is 4.79 Å². The van der Waals surface area contributed by atoms with Gasteiger partial charge >= 0.3 is 5.69 Å². The van der Waals surface area contributed by atoms with Crippen LogP contribution >= 0.6 is 0 Å². The average Bonchev–Trinajstić information content (AvgIpc) is 3.27. The largest absolute Gasteiger partial charge is 0.340 e. The molecule has 1 fully saturated rings. The number of anilines is 1. The van der Waals surface area contributed by atoms with Gasteiger partial charge in [-0.2, -0.15) is 4.98 Å². The van der Waals surface area contributed by atoms with Crippen LogP contribution in [0.2, 0.25) is 0 Å². The molecule has 3 heterocycles. The van der Waals surface area contributed by atoms with Crippen LogP contribution in [-0.2, 0) is 20.6 Å². The molecule has 0 radical (unpaired) electrons. The lowest BCUT2D eigenvalue weighted by molar-refractivity contribution is 0.570. The zero-order valence-electron chi connectivity index (χ0n) is 14.8. The summed E-state index contributed by atoms with van der Waals surface area (Å²) in [5, 5.41) is 3.34. The normalized spacial score (nSPS) is 18.2. The second-order valence-electron chi connectivity index (χ2n) is 6.87. The first-order valence-electron chi connectivity index (χ1n) is 8.87. The van der Waals surface area contributed by atoms with Gasteiger partial charge in [-0.3, -0.25) is 13.9 Å². The molecule has 0 aromatic carbocycles. The highest BCUT2D eigenvalue weighted by Crippen LogP contribution is 2.25. The highest BCUT2D eigenvalue weighted by Gasteiger charge is 2.24. The lowest BCUT2D eigenvalue weighted by atomic mass is 10.2. The average molecular weight is 344 g/mol. The number of nitrogens with one attached hydrogen (secondary N) is 1. The topological polar surface area (TPSA) is 77.1 Å². The Morgan fingerprint density at radius 1 is 1.16 bits per heavy atom. The van der Waals surface area contributed by atoms with Crippen LogP contribution in [0.4, 0.5) is 5.95 Å². The minimum atomic E-state index is -0.339. The molecule has 8 heteroatoms. The molecule has 0 amide bonds.